The second-order valence-electron chi connectivity index (χ2n) is 7.91. The molecule has 3 amide bonds. The van der Waals surface area contributed by atoms with E-state index < -0.39 is 12.1 Å². The van der Waals surface area contributed by atoms with Gasteiger partial charge in [-0.1, -0.05) is 30.3 Å². The fourth-order valence-corrected chi connectivity index (χ4v) is 4.16. The number of imide groups is 1. The molecule has 0 radical (unpaired) electrons. The van der Waals surface area contributed by atoms with Crippen LogP contribution in [0.25, 0.3) is 0 Å². The van der Waals surface area contributed by atoms with Gasteiger partial charge in [0.1, 0.15) is 6.61 Å². The minimum absolute atomic E-state index is 0.0371. The number of carbonyl (C=O) groups excluding carboxylic acids is 3. The first kappa shape index (κ1) is 19.1. The summed E-state index contributed by atoms with van der Waals surface area (Å²) in [6, 6.07) is 8.85. The molecule has 4 rings (SSSR count). The van der Waals surface area contributed by atoms with Crippen LogP contribution in [0, 0.1) is 5.92 Å². The first-order valence-electron chi connectivity index (χ1n) is 10.1. The zero-order valence-corrected chi connectivity index (χ0v) is 16.2. The molecule has 2 heterocycles. The Balaban J connectivity index is 1.61. The van der Waals surface area contributed by atoms with E-state index in [1.807, 2.05) is 30.3 Å². The quantitative estimate of drug-likeness (QED) is 0.786. The minimum Gasteiger partial charge on any atom is -0.356 e. The van der Waals surface area contributed by atoms with E-state index in [1.54, 1.807) is 11.9 Å². The molecule has 1 aliphatic carbocycles. The third-order valence-electron chi connectivity index (χ3n) is 5.90. The van der Waals surface area contributed by atoms with Crippen LogP contribution in [0.3, 0.4) is 0 Å². The van der Waals surface area contributed by atoms with Gasteiger partial charge in [-0.05, 0) is 37.8 Å². The van der Waals surface area contributed by atoms with E-state index in [4.69, 9.17) is 4.74 Å². The lowest BCUT2D eigenvalue weighted by Crippen LogP contribution is -2.57. The number of hydrogen-bond acceptors (Lipinski definition) is 5. The van der Waals surface area contributed by atoms with E-state index in [0.717, 1.165) is 37.8 Å². The maximum atomic E-state index is 13.5. The minimum atomic E-state index is -0.869. The number of piperidine rings is 1. The standard InChI is InChI=1S/C21H27N3O4/c1-23-17(25)13-28-19(18(23)14-6-3-2-4-7-14)21(27)24(16-9-10-16)20(26)15-8-5-11-22-12-15/h2-4,6-7,15-16,18-19,22H,5,8-13H2,1H3. The van der Waals surface area contributed by atoms with Crippen molar-refractivity contribution in [2.45, 2.75) is 43.9 Å². The van der Waals surface area contributed by atoms with Crippen LogP contribution in [0.15, 0.2) is 30.3 Å². The first-order valence-corrected chi connectivity index (χ1v) is 10.1. The highest BCUT2D eigenvalue weighted by Gasteiger charge is 2.48. The highest BCUT2D eigenvalue weighted by Crippen LogP contribution is 2.35. The number of nitrogens with zero attached hydrogens (tertiary/aromatic N) is 2. The summed E-state index contributed by atoms with van der Waals surface area (Å²) in [5, 5.41) is 3.25. The lowest BCUT2D eigenvalue weighted by Gasteiger charge is -2.40. The van der Waals surface area contributed by atoms with Crippen molar-refractivity contribution < 1.29 is 19.1 Å². The Hall–Kier alpha value is -2.25. The van der Waals surface area contributed by atoms with Gasteiger partial charge < -0.3 is 15.0 Å². The molecule has 1 aromatic rings. The molecule has 150 valence electrons. The summed E-state index contributed by atoms with van der Waals surface area (Å²) in [6.07, 6.45) is 2.55. The number of ether oxygens (including phenoxy) is 1. The van der Waals surface area contributed by atoms with Crippen molar-refractivity contribution in [1.82, 2.24) is 15.1 Å². The monoisotopic (exact) mass is 385 g/mol. The molecule has 2 aliphatic heterocycles. The normalized spacial score (nSPS) is 28.1. The van der Waals surface area contributed by atoms with Crippen LogP contribution in [0.5, 0.6) is 0 Å². The third-order valence-corrected chi connectivity index (χ3v) is 5.90. The predicted molar refractivity (Wildman–Crippen MR) is 102 cm³/mol. The van der Waals surface area contributed by atoms with Gasteiger partial charge >= 0.3 is 0 Å². The SMILES string of the molecule is CN1C(=O)COC(C(=O)N(C(=O)C2CCCNC2)C2CC2)C1c1ccccc1. The fraction of sp³-hybridized carbons (Fsp3) is 0.571. The molecule has 3 fully saturated rings. The number of nitrogens with one attached hydrogen (secondary N) is 1. The highest BCUT2D eigenvalue weighted by molar-refractivity contribution is 6.00. The molecule has 0 spiro atoms. The van der Waals surface area contributed by atoms with Crippen LogP contribution < -0.4 is 5.32 Å². The van der Waals surface area contributed by atoms with Gasteiger partial charge in [-0.2, -0.15) is 0 Å². The van der Waals surface area contributed by atoms with Crippen molar-refractivity contribution in [3.05, 3.63) is 35.9 Å². The molecule has 7 heteroatoms. The number of benzene rings is 1. The van der Waals surface area contributed by atoms with Crippen molar-refractivity contribution in [3.63, 3.8) is 0 Å². The summed E-state index contributed by atoms with van der Waals surface area (Å²) in [4.78, 5) is 42.0. The smallest absolute Gasteiger partial charge is 0.261 e. The van der Waals surface area contributed by atoms with Crippen molar-refractivity contribution >= 4 is 17.7 Å². The van der Waals surface area contributed by atoms with Gasteiger partial charge in [0.15, 0.2) is 6.10 Å². The average molecular weight is 385 g/mol. The van der Waals surface area contributed by atoms with E-state index in [1.165, 1.54) is 4.90 Å². The fourth-order valence-electron chi connectivity index (χ4n) is 4.16. The number of amides is 3. The summed E-state index contributed by atoms with van der Waals surface area (Å²) >= 11 is 0. The van der Waals surface area contributed by atoms with Crippen LogP contribution in [0.4, 0.5) is 0 Å². The third kappa shape index (κ3) is 3.69. The topological polar surface area (TPSA) is 79.0 Å². The first-order chi connectivity index (χ1) is 13.6. The second-order valence-corrected chi connectivity index (χ2v) is 7.91. The van der Waals surface area contributed by atoms with Gasteiger partial charge in [0, 0.05) is 19.6 Å². The Morgan fingerprint density at radius 2 is 1.89 bits per heavy atom. The molecule has 1 aromatic carbocycles. The highest BCUT2D eigenvalue weighted by atomic mass is 16.5. The lowest BCUT2D eigenvalue weighted by atomic mass is 9.95. The van der Waals surface area contributed by atoms with Gasteiger partial charge in [-0.15, -0.1) is 0 Å². The average Bonchev–Trinajstić information content (AvgIpc) is 3.56. The van der Waals surface area contributed by atoms with Crippen molar-refractivity contribution in [2.24, 2.45) is 5.92 Å². The largest absolute Gasteiger partial charge is 0.356 e. The molecule has 3 atom stereocenters. The number of rotatable bonds is 4. The Morgan fingerprint density at radius 1 is 1.14 bits per heavy atom. The van der Waals surface area contributed by atoms with Gasteiger partial charge in [-0.25, -0.2) is 0 Å². The van der Waals surface area contributed by atoms with Crippen LogP contribution in [-0.4, -0.2) is 66.4 Å². The number of morpholine rings is 1. The molecule has 1 saturated carbocycles. The molecule has 0 aromatic heterocycles. The molecule has 3 aliphatic rings. The van der Waals surface area contributed by atoms with Gasteiger partial charge in [-0.3, -0.25) is 19.3 Å². The van der Waals surface area contributed by atoms with Gasteiger partial charge in [0.05, 0.1) is 12.0 Å². The molecule has 0 bridgehead atoms. The molecule has 2 saturated heterocycles. The summed E-state index contributed by atoms with van der Waals surface area (Å²) in [7, 11) is 1.69. The molecular weight excluding hydrogens is 358 g/mol. The molecular formula is C21H27N3O4. The number of carbonyl (C=O) groups is 3. The Morgan fingerprint density at radius 3 is 2.54 bits per heavy atom. The van der Waals surface area contributed by atoms with E-state index >= 15 is 0 Å². The van der Waals surface area contributed by atoms with Crippen molar-refractivity contribution in [1.29, 1.82) is 0 Å². The van der Waals surface area contributed by atoms with E-state index in [-0.39, 0.29) is 36.3 Å². The van der Waals surface area contributed by atoms with Gasteiger partial charge in [0.2, 0.25) is 11.8 Å². The molecule has 7 nitrogen and oxygen atoms in total. The number of hydrogen-bond donors (Lipinski definition) is 1. The predicted octanol–water partition coefficient (Wildman–Crippen LogP) is 1.10. The van der Waals surface area contributed by atoms with Crippen LogP contribution in [0.1, 0.15) is 37.3 Å². The lowest BCUT2D eigenvalue weighted by molar-refractivity contribution is -0.170. The van der Waals surface area contributed by atoms with Crippen molar-refractivity contribution in [3.8, 4) is 0 Å². The Kier molecular flexibility index (Phi) is 5.46. The zero-order valence-electron chi connectivity index (χ0n) is 16.2. The van der Waals surface area contributed by atoms with E-state index in [2.05, 4.69) is 5.32 Å². The van der Waals surface area contributed by atoms with Crippen molar-refractivity contribution in [2.75, 3.05) is 26.7 Å². The molecule has 28 heavy (non-hydrogen) atoms. The van der Waals surface area contributed by atoms with E-state index in [9.17, 15) is 14.4 Å². The van der Waals surface area contributed by atoms with Crippen LogP contribution in [0.2, 0.25) is 0 Å². The van der Waals surface area contributed by atoms with Gasteiger partial charge in [0.25, 0.3) is 5.91 Å². The zero-order chi connectivity index (χ0) is 19.7. The maximum absolute atomic E-state index is 13.5. The van der Waals surface area contributed by atoms with E-state index in [0.29, 0.717) is 6.54 Å². The summed E-state index contributed by atoms with van der Waals surface area (Å²) in [5.74, 6) is -0.754. The summed E-state index contributed by atoms with van der Waals surface area (Å²) < 4.78 is 5.74. The maximum Gasteiger partial charge on any atom is 0.261 e. The van der Waals surface area contributed by atoms with Crippen LogP contribution >= 0.6 is 0 Å². The second kappa shape index (κ2) is 8.01. The molecule has 3 unspecified atom stereocenters. The molecule has 1 N–H and O–H groups in total. The summed E-state index contributed by atoms with van der Waals surface area (Å²) in [5.41, 5.74) is 0.832. The van der Waals surface area contributed by atoms with Crippen LogP contribution in [-0.2, 0) is 19.1 Å². The summed E-state index contributed by atoms with van der Waals surface area (Å²) in [6.45, 7) is 1.38. The Bertz CT molecular complexity index is 743. The number of likely N-dealkylation sites (N-methyl/N-ethyl adjacent to an activating group) is 1. The Labute approximate surface area is 165 Å².